The minimum absolute atomic E-state index is 0.0751. The van der Waals surface area contributed by atoms with Gasteiger partial charge in [0.2, 0.25) is 0 Å². The van der Waals surface area contributed by atoms with Gasteiger partial charge in [-0.25, -0.2) is 0 Å². The van der Waals surface area contributed by atoms with Gasteiger partial charge in [-0.1, -0.05) is 19.9 Å². The molecule has 0 saturated heterocycles. The Bertz CT molecular complexity index is 911. The summed E-state index contributed by atoms with van der Waals surface area (Å²) in [6.45, 7) is 5.99. The Morgan fingerprint density at radius 3 is 2.79 bits per heavy atom. The Hall–Kier alpha value is -2.49. The van der Waals surface area contributed by atoms with Crippen molar-refractivity contribution < 1.29 is 9.59 Å². The molecule has 4 heteroatoms. The fourth-order valence-electron chi connectivity index (χ4n) is 4.19. The molecule has 0 bridgehead atoms. The number of Topliss-reactive ketones (excluding diaryl/α,β-unsaturated/α-hetero) is 1. The summed E-state index contributed by atoms with van der Waals surface area (Å²) in [5.74, 6) is 0.693. The van der Waals surface area contributed by atoms with E-state index in [-0.39, 0.29) is 17.1 Å². The van der Waals surface area contributed by atoms with Crippen LogP contribution in [0.3, 0.4) is 0 Å². The average molecular weight is 320 g/mol. The lowest BCUT2D eigenvalue weighted by Gasteiger charge is -2.15. The van der Waals surface area contributed by atoms with Gasteiger partial charge in [0, 0.05) is 28.4 Å². The Labute approximate surface area is 141 Å². The van der Waals surface area contributed by atoms with Crippen LogP contribution in [-0.4, -0.2) is 16.7 Å². The van der Waals surface area contributed by atoms with E-state index in [1.54, 1.807) is 19.2 Å². The van der Waals surface area contributed by atoms with E-state index in [4.69, 9.17) is 0 Å². The number of carbonyl (C=O) groups excluding carboxylic acids is 2. The molecule has 2 atom stereocenters. The molecule has 1 aromatic heterocycles. The zero-order chi connectivity index (χ0) is 17.1. The highest BCUT2D eigenvalue weighted by Gasteiger charge is 2.64. The lowest BCUT2D eigenvalue weighted by atomic mass is 9.96. The van der Waals surface area contributed by atoms with Crippen LogP contribution < -0.4 is 5.32 Å². The van der Waals surface area contributed by atoms with Crippen molar-refractivity contribution in [2.45, 2.75) is 27.2 Å². The van der Waals surface area contributed by atoms with Gasteiger partial charge in [0.15, 0.2) is 5.78 Å². The fourth-order valence-corrected chi connectivity index (χ4v) is 4.19. The van der Waals surface area contributed by atoms with Crippen LogP contribution in [-0.2, 0) is 4.79 Å². The number of rotatable bonds is 3. The second kappa shape index (κ2) is 5.00. The smallest absolute Gasteiger partial charge is 0.255 e. The zero-order valence-electron chi connectivity index (χ0n) is 14.1. The second-order valence-electron chi connectivity index (χ2n) is 7.42. The normalized spacial score (nSPS) is 24.0. The first-order chi connectivity index (χ1) is 11.4. The number of allylic oxidation sites excluding steroid dienone is 2. The van der Waals surface area contributed by atoms with Crippen LogP contribution in [0.4, 0.5) is 0 Å². The van der Waals surface area contributed by atoms with Gasteiger partial charge in [0.05, 0.1) is 5.52 Å². The number of hydrogen-bond donors (Lipinski definition) is 1. The Kier molecular flexibility index (Phi) is 3.14. The number of carbonyl (C=O) groups is 2. The third kappa shape index (κ3) is 2.17. The maximum absolute atomic E-state index is 12.6. The second-order valence-corrected chi connectivity index (χ2v) is 7.42. The first-order valence-corrected chi connectivity index (χ1v) is 8.29. The molecular weight excluding hydrogens is 300 g/mol. The van der Waals surface area contributed by atoms with E-state index in [1.807, 2.05) is 24.3 Å². The maximum Gasteiger partial charge on any atom is 0.255 e. The molecule has 2 aliphatic rings. The molecule has 2 aromatic rings. The molecule has 0 unspecified atom stereocenters. The molecule has 0 radical (unpaired) electrons. The number of benzene rings is 1. The van der Waals surface area contributed by atoms with E-state index in [0.29, 0.717) is 17.4 Å². The Balaban J connectivity index is 1.62. The summed E-state index contributed by atoms with van der Waals surface area (Å²) in [4.78, 5) is 28.9. The van der Waals surface area contributed by atoms with Crippen molar-refractivity contribution in [2.24, 2.45) is 17.3 Å². The van der Waals surface area contributed by atoms with Crippen molar-refractivity contribution in [3.63, 3.8) is 0 Å². The van der Waals surface area contributed by atoms with Gasteiger partial charge >= 0.3 is 0 Å². The molecule has 0 spiro atoms. The van der Waals surface area contributed by atoms with Gasteiger partial charge in [-0.05, 0) is 54.9 Å². The van der Waals surface area contributed by atoms with Crippen LogP contribution in [0.25, 0.3) is 10.9 Å². The molecular formula is C20H20N2O2. The number of pyridine rings is 1. The van der Waals surface area contributed by atoms with E-state index in [1.165, 1.54) is 0 Å². The van der Waals surface area contributed by atoms with Crippen molar-refractivity contribution >= 4 is 22.6 Å². The van der Waals surface area contributed by atoms with E-state index in [0.717, 1.165) is 28.6 Å². The summed E-state index contributed by atoms with van der Waals surface area (Å²) >= 11 is 0. The van der Waals surface area contributed by atoms with Crippen molar-refractivity contribution in [3.05, 3.63) is 53.4 Å². The average Bonchev–Trinajstić information content (AvgIpc) is 2.92. The lowest BCUT2D eigenvalue weighted by molar-refractivity contribution is -0.114. The van der Waals surface area contributed by atoms with Crippen LogP contribution in [0.2, 0.25) is 0 Å². The number of ketones is 1. The zero-order valence-corrected chi connectivity index (χ0v) is 14.1. The highest BCUT2D eigenvalue weighted by atomic mass is 16.1. The number of hydrogen-bond acceptors (Lipinski definition) is 3. The summed E-state index contributed by atoms with van der Waals surface area (Å²) in [5.41, 5.74) is 3.27. The predicted molar refractivity (Wildman–Crippen MR) is 92.3 cm³/mol. The first-order valence-electron chi connectivity index (χ1n) is 8.29. The predicted octanol–water partition coefficient (Wildman–Crippen LogP) is 3.48. The van der Waals surface area contributed by atoms with Crippen molar-refractivity contribution in [2.75, 3.05) is 0 Å². The van der Waals surface area contributed by atoms with Gasteiger partial charge in [-0.2, -0.15) is 0 Å². The van der Waals surface area contributed by atoms with Crippen LogP contribution in [0.15, 0.2) is 47.8 Å². The molecule has 0 aliphatic heterocycles. The van der Waals surface area contributed by atoms with E-state index < -0.39 is 0 Å². The molecule has 24 heavy (non-hydrogen) atoms. The number of aromatic nitrogens is 1. The maximum atomic E-state index is 12.6. The van der Waals surface area contributed by atoms with E-state index in [9.17, 15) is 9.59 Å². The molecule has 1 heterocycles. The molecule has 1 saturated carbocycles. The minimum atomic E-state index is -0.159. The number of fused-ring (bicyclic) bond motifs is 2. The summed E-state index contributed by atoms with van der Waals surface area (Å²) in [6.07, 6.45) is 2.52. The fraction of sp³-hybridized carbons (Fsp3) is 0.350. The van der Waals surface area contributed by atoms with Gasteiger partial charge < -0.3 is 5.32 Å². The standard InChI is InChI=1S/C20H20N2O2/c1-11(23)17-16(10-14-18(17)20(14,2)3)22-19(24)13-6-7-15-12(9-13)5-4-8-21-15/h4-9,14,18H,10H2,1-3H3,(H,22,24)/t14-,18+/m0/s1. The van der Waals surface area contributed by atoms with Crippen LogP contribution in [0, 0.1) is 17.3 Å². The Morgan fingerprint density at radius 1 is 1.25 bits per heavy atom. The van der Waals surface area contributed by atoms with Crippen molar-refractivity contribution in [1.29, 1.82) is 0 Å². The molecule has 122 valence electrons. The summed E-state index contributed by atoms with van der Waals surface area (Å²) in [5, 5.41) is 3.92. The molecule has 4 nitrogen and oxygen atoms in total. The minimum Gasteiger partial charge on any atom is -0.325 e. The summed E-state index contributed by atoms with van der Waals surface area (Å²) < 4.78 is 0. The topological polar surface area (TPSA) is 59.1 Å². The van der Waals surface area contributed by atoms with Crippen LogP contribution >= 0.6 is 0 Å². The quantitative estimate of drug-likeness (QED) is 0.942. The number of nitrogens with zero attached hydrogens (tertiary/aromatic N) is 1. The largest absolute Gasteiger partial charge is 0.325 e. The summed E-state index contributed by atoms with van der Waals surface area (Å²) in [6, 6.07) is 9.25. The molecule has 1 amide bonds. The molecule has 1 fully saturated rings. The number of amides is 1. The Morgan fingerprint density at radius 2 is 2.04 bits per heavy atom. The SMILES string of the molecule is CC(=O)C1=C(NC(=O)c2ccc3ncccc3c2)C[C@H]2[C@H]1C2(C)C. The van der Waals surface area contributed by atoms with Crippen LogP contribution in [0.5, 0.6) is 0 Å². The monoisotopic (exact) mass is 320 g/mol. The number of nitrogens with one attached hydrogen (secondary N) is 1. The van der Waals surface area contributed by atoms with E-state index in [2.05, 4.69) is 24.1 Å². The molecule has 2 aliphatic carbocycles. The third-order valence-electron chi connectivity index (χ3n) is 5.62. The van der Waals surface area contributed by atoms with Gasteiger partial charge in [-0.15, -0.1) is 0 Å². The van der Waals surface area contributed by atoms with Crippen LogP contribution in [0.1, 0.15) is 37.6 Å². The van der Waals surface area contributed by atoms with E-state index >= 15 is 0 Å². The van der Waals surface area contributed by atoms with Crippen molar-refractivity contribution in [1.82, 2.24) is 10.3 Å². The first kappa shape index (κ1) is 15.1. The molecule has 1 aromatic carbocycles. The highest BCUT2D eigenvalue weighted by Crippen LogP contribution is 2.68. The van der Waals surface area contributed by atoms with Gasteiger partial charge in [-0.3, -0.25) is 14.6 Å². The third-order valence-corrected chi connectivity index (χ3v) is 5.62. The lowest BCUT2D eigenvalue weighted by Crippen LogP contribution is -2.25. The molecule has 4 rings (SSSR count). The summed E-state index contributed by atoms with van der Waals surface area (Å²) in [7, 11) is 0. The van der Waals surface area contributed by atoms with Gasteiger partial charge in [0.25, 0.3) is 5.91 Å². The highest BCUT2D eigenvalue weighted by molar-refractivity contribution is 6.01. The van der Waals surface area contributed by atoms with Gasteiger partial charge in [0.1, 0.15) is 0 Å². The molecule has 1 N–H and O–H groups in total. The van der Waals surface area contributed by atoms with Crippen molar-refractivity contribution in [3.8, 4) is 0 Å².